The van der Waals surface area contributed by atoms with E-state index in [1.54, 1.807) is 12.0 Å². The van der Waals surface area contributed by atoms with Crippen LogP contribution in [0.4, 0.5) is 11.4 Å². The molecule has 1 saturated heterocycles. The fraction of sp³-hybridized carbons (Fsp3) is 0.300. The molecule has 1 fully saturated rings. The van der Waals surface area contributed by atoms with Gasteiger partial charge in [0.15, 0.2) is 6.61 Å². The Bertz CT molecular complexity index is 909. The first-order valence-corrected chi connectivity index (χ1v) is 9.07. The van der Waals surface area contributed by atoms with E-state index in [4.69, 9.17) is 9.47 Å². The molecule has 0 saturated carbocycles. The fourth-order valence-electron chi connectivity index (χ4n) is 3.19. The van der Waals surface area contributed by atoms with Gasteiger partial charge < -0.3 is 19.3 Å². The Labute approximate surface area is 167 Å². The number of esters is 1. The minimum atomic E-state index is -0.890. The first-order valence-electron chi connectivity index (χ1n) is 9.07. The number of amides is 1. The largest absolute Gasteiger partial charge is 0.495 e. The number of nitrogens with zero attached hydrogens (tertiary/aromatic N) is 3. The Kier molecular flexibility index (Phi) is 6.28. The topological polar surface area (TPSA) is 102 Å². The van der Waals surface area contributed by atoms with Gasteiger partial charge in [0.25, 0.3) is 11.6 Å². The lowest BCUT2D eigenvalue weighted by atomic mass is 10.2. The Morgan fingerprint density at radius 1 is 1.03 bits per heavy atom. The van der Waals surface area contributed by atoms with Crippen molar-refractivity contribution in [3.8, 4) is 5.75 Å². The fourth-order valence-corrected chi connectivity index (χ4v) is 3.19. The summed E-state index contributed by atoms with van der Waals surface area (Å²) in [6.45, 7) is 1.72. The molecule has 2 aromatic carbocycles. The molecule has 29 heavy (non-hydrogen) atoms. The molecule has 0 aromatic heterocycles. The lowest BCUT2D eigenvalue weighted by Gasteiger charge is -2.36. The SMILES string of the molecule is COc1ccccc1N1CCN(C(=O)COC(=O)c2ccccc2[N+](=O)[O-])CC1. The van der Waals surface area contributed by atoms with Gasteiger partial charge in [0.1, 0.15) is 11.3 Å². The van der Waals surface area contributed by atoms with Crippen molar-refractivity contribution in [3.05, 3.63) is 64.2 Å². The van der Waals surface area contributed by atoms with Crippen molar-refractivity contribution in [3.63, 3.8) is 0 Å². The molecule has 9 heteroatoms. The normalized spacial score (nSPS) is 13.7. The molecule has 2 aromatic rings. The summed E-state index contributed by atoms with van der Waals surface area (Å²) in [6.07, 6.45) is 0. The third kappa shape index (κ3) is 4.63. The maximum absolute atomic E-state index is 12.4. The predicted molar refractivity (Wildman–Crippen MR) is 105 cm³/mol. The number of piperazine rings is 1. The van der Waals surface area contributed by atoms with Crippen molar-refractivity contribution in [2.45, 2.75) is 0 Å². The third-order valence-electron chi connectivity index (χ3n) is 4.71. The Morgan fingerprint density at radius 2 is 1.69 bits per heavy atom. The van der Waals surface area contributed by atoms with E-state index >= 15 is 0 Å². The van der Waals surface area contributed by atoms with E-state index in [0.29, 0.717) is 26.2 Å². The first kappa shape index (κ1) is 20.1. The van der Waals surface area contributed by atoms with Crippen molar-refractivity contribution in [2.24, 2.45) is 0 Å². The molecule has 3 rings (SSSR count). The number of carbonyl (C=O) groups is 2. The number of anilines is 1. The molecule has 1 heterocycles. The number of hydrogen-bond donors (Lipinski definition) is 0. The standard InChI is InChI=1S/C20H21N3O6/c1-28-18-9-5-4-8-17(18)21-10-12-22(13-11-21)19(24)14-29-20(25)15-6-2-3-7-16(15)23(26)27/h2-9H,10-14H2,1H3. The number of nitro benzene ring substituents is 1. The Hall–Kier alpha value is -3.62. The minimum absolute atomic E-state index is 0.175. The zero-order valence-electron chi connectivity index (χ0n) is 15.9. The number of nitro groups is 1. The summed E-state index contributed by atoms with van der Waals surface area (Å²) in [5.41, 5.74) is 0.437. The second kappa shape index (κ2) is 9.05. The average Bonchev–Trinajstić information content (AvgIpc) is 2.77. The maximum Gasteiger partial charge on any atom is 0.345 e. The van der Waals surface area contributed by atoms with Gasteiger partial charge in [0, 0.05) is 32.2 Å². The molecule has 1 amide bonds. The maximum atomic E-state index is 12.4. The number of rotatable bonds is 6. The quantitative estimate of drug-likeness (QED) is 0.416. The summed E-state index contributed by atoms with van der Waals surface area (Å²) < 4.78 is 10.4. The highest BCUT2D eigenvalue weighted by Crippen LogP contribution is 2.28. The summed E-state index contributed by atoms with van der Waals surface area (Å²) in [6, 6.07) is 13.2. The van der Waals surface area contributed by atoms with E-state index in [1.165, 1.54) is 24.3 Å². The number of methoxy groups -OCH3 is 1. The zero-order valence-corrected chi connectivity index (χ0v) is 15.9. The molecule has 0 bridgehead atoms. The van der Waals surface area contributed by atoms with E-state index in [9.17, 15) is 19.7 Å². The van der Waals surface area contributed by atoms with Crippen LogP contribution in [0.3, 0.4) is 0 Å². The van der Waals surface area contributed by atoms with Crippen LogP contribution < -0.4 is 9.64 Å². The van der Waals surface area contributed by atoms with Crippen LogP contribution in [-0.2, 0) is 9.53 Å². The van der Waals surface area contributed by atoms with E-state index in [1.807, 2.05) is 24.3 Å². The van der Waals surface area contributed by atoms with Gasteiger partial charge in [0.05, 0.1) is 17.7 Å². The van der Waals surface area contributed by atoms with Crippen molar-refractivity contribution in [1.29, 1.82) is 0 Å². The molecule has 9 nitrogen and oxygen atoms in total. The van der Waals surface area contributed by atoms with Gasteiger partial charge in [-0.25, -0.2) is 4.79 Å². The smallest absolute Gasteiger partial charge is 0.345 e. The van der Waals surface area contributed by atoms with Gasteiger partial charge in [-0.15, -0.1) is 0 Å². The van der Waals surface area contributed by atoms with Crippen molar-refractivity contribution < 1.29 is 24.0 Å². The number of para-hydroxylation sites is 3. The first-order chi connectivity index (χ1) is 14.0. The van der Waals surface area contributed by atoms with Crippen molar-refractivity contribution in [2.75, 3.05) is 44.8 Å². The van der Waals surface area contributed by atoms with Crippen LogP contribution in [0.5, 0.6) is 5.75 Å². The van der Waals surface area contributed by atoms with E-state index < -0.39 is 17.5 Å². The van der Waals surface area contributed by atoms with E-state index in [0.717, 1.165) is 11.4 Å². The van der Waals surface area contributed by atoms with Gasteiger partial charge in [-0.1, -0.05) is 24.3 Å². The number of hydrogen-bond acceptors (Lipinski definition) is 7. The number of benzene rings is 2. The molecular weight excluding hydrogens is 378 g/mol. The monoisotopic (exact) mass is 399 g/mol. The third-order valence-corrected chi connectivity index (χ3v) is 4.71. The summed E-state index contributed by atoms with van der Waals surface area (Å²) in [5, 5.41) is 11.0. The molecule has 0 N–H and O–H groups in total. The summed E-state index contributed by atoms with van der Waals surface area (Å²) >= 11 is 0. The molecule has 0 aliphatic carbocycles. The highest BCUT2D eigenvalue weighted by Gasteiger charge is 2.25. The van der Waals surface area contributed by atoms with Gasteiger partial charge >= 0.3 is 5.97 Å². The lowest BCUT2D eigenvalue weighted by Crippen LogP contribution is -2.50. The zero-order chi connectivity index (χ0) is 20.8. The van der Waals surface area contributed by atoms with Crippen LogP contribution in [0, 0.1) is 10.1 Å². The molecule has 1 aliphatic rings. The molecule has 0 spiro atoms. The van der Waals surface area contributed by atoms with Crippen LogP contribution in [0.25, 0.3) is 0 Å². The van der Waals surface area contributed by atoms with Crippen LogP contribution >= 0.6 is 0 Å². The molecular formula is C20H21N3O6. The summed E-state index contributed by atoms with van der Waals surface area (Å²) in [4.78, 5) is 38.6. The molecule has 0 atom stereocenters. The minimum Gasteiger partial charge on any atom is -0.495 e. The Balaban J connectivity index is 1.54. The molecule has 0 radical (unpaired) electrons. The van der Waals surface area contributed by atoms with E-state index in [-0.39, 0.29) is 17.2 Å². The second-order valence-corrected chi connectivity index (χ2v) is 6.39. The second-order valence-electron chi connectivity index (χ2n) is 6.39. The molecule has 1 aliphatic heterocycles. The predicted octanol–water partition coefficient (Wildman–Crippen LogP) is 2.11. The van der Waals surface area contributed by atoms with Gasteiger partial charge in [0.2, 0.25) is 0 Å². The Morgan fingerprint density at radius 3 is 2.38 bits per heavy atom. The van der Waals surface area contributed by atoms with Gasteiger partial charge in [-0.2, -0.15) is 0 Å². The van der Waals surface area contributed by atoms with Crippen molar-refractivity contribution in [1.82, 2.24) is 4.90 Å². The molecule has 0 unspecified atom stereocenters. The lowest BCUT2D eigenvalue weighted by molar-refractivity contribution is -0.385. The number of carbonyl (C=O) groups excluding carboxylic acids is 2. The van der Waals surface area contributed by atoms with Crippen LogP contribution in [0.2, 0.25) is 0 Å². The van der Waals surface area contributed by atoms with Gasteiger partial charge in [-0.05, 0) is 18.2 Å². The van der Waals surface area contributed by atoms with Crippen LogP contribution in [-0.4, -0.2) is 61.6 Å². The summed E-state index contributed by atoms with van der Waals surface area (Å²) in [5.74, 6) is -0.458. The van der Waals surface area contributed by atoms with Crippen LogP contribution in [0.1, 0.15) is 10.4 Å². The van der Waals surface area contributed by atoms with Crippen LogP contribution in [0.15, 0.2) is 48.5 Å². The van der Waals surface area contributed by atoms with E-state index in [2.05, 4.69) is 4.90 Å². The molecule has 152 valence electrons. The highest BCUT2D eigenvalue weighted by atomic mass is 16.6. The summed E-state index contributed by atoms with van der Waals surface area (Å²) in [7, 11) is 1.62. The number of ether oxygens (including phenoxy) is 2. The highest BCUT2D eigenvalue weighted by molar-refractivity contribution is 5.95. The van der Waals surface area contributed by atoms with Gasteiger partial charge in [-0.3, -0.25) is 14.9 Å². The average molecular weight is 399 g/mol. The van der Waals surface area contributed by atoms with Crippen molar-refractivity contribution >= 4 is 23.3 Å².